The maximum Gasteiger partial charge on any atom is 4.00 e. The second-order valence-electron chi connectivity index (χ2n) is 1.79. The fraction of sp³-hybridized carbons (Fsp3) is 0. The van der Waals surface area contributed by atoms with Crippen molar-refractivity contribution < 1.29 is 39.1 Å². The molecule has 0 rings (SSSR count). The van der Waals surface area contributed by atoms with Crippen LogP contribution in [0.1, 0.15) is 0 Å². The third-order valence-corrected chi connectivity index (χ3v) is 0. The van der Waals surface area contributed by atoms with Crippen LogP contribution in [0, 0.1) is 0 Å². The van der Waals surface area contributed by atoms with E-state index in [4.69, 9.17) is 0 Å². The van der Waals surface area contributed by atoms with Gasteiger partial charge in [-0.3, -0.25) is 0 Å². The van der Waals surface area contributed by atoms with Crippen molar-refractivity contribution in [2.24, 2.45) is 0 Å². The van der Waals surface area contributed by atoms with Crippen molar-refractivity contribution in [3.63, 3.8) is 0 Å². The molecule has 0 aliphatic rings. The number of hydrogen-bond donors (Lipinski definition) is 0. The van der Waals surface area contributed by atoms with E-state index in [2.05, 4.69) is 96.2 Å². The molecule has 23 heavy (non-hydrogen) atoms. The van der Waals surface area contributed by atoms with E-state index >= 15 is 0 Å². The first-order valence-electron chi connectivity index (χ1n) is 2.92. The predicted molar refractivity (Wildman–Crippen MR) is 104 cm³/mol. The molecule has 0 spiro atoms. The average molecular weight is 865 g/mol. The molecule has 0 bridgehead atoms. The predicted octanol–water partition coefficient (Wildman–Crippen LogP) is -7.23. The minimum Gasteiger partial charge on any atom is -0.850 e. The summed E-state index contributed by atoms with van der Waals surface area (Å²) in [6.07, 6.45) is 0. The Balaban J connectivity index is -0.0000000284. The summed E-state index contributed by atoms with van der Waals surface area (Å²) in [5.74, 6) is 0. The number of rotatable bonds is 0. The van der Waals surface area contributed by atoms with Crippen LogP contribution in [0.2, 0.25) is 0 Å². The zero-order chi connectivity index (χ0) is 18.0. The molecule has 128 valence electrons. The van der Waals surface area contributed by atoms with E-state index in [0.717, 1.165) is 0 Å². The Morgan fingerprint density at radius 3 is 0.391 bits per heavy atom. The first-order chi connectivity index (χ1) is 8.00. The van der Waals surface area contributed by atoms with Gasteiger partial charge in [-0.05, 0) is 0 Å². The molecular formula is O8P4S8Sn3. The van der Waals surface area contributed by atoms with Crippen LogP contribution in [-0.2, 0) is 96.2 Å². The summed E-state index contributed by atoms with van der Waals surface area (Å²) in [7, 11) is 0. The van der Waals surface area contributed by atoms with E-state index in [9.17, 15) is 39.1 Å². The molecular weight excluding hydrogens is 865 g/mol. The Labute approximate surface area is 226 Å². The molecule has 23 heteroatoms. The Morgan fingerprint density at radius 2 is 0.391 bits per heavy atom. The molecule has 0 N–H and O–H groups in total. The molecule has 0 fully saturated rings. The van der Waals surface area contributed by atoms with E-state index < -0.39 is 22.8 Å². The van der Waals surface area contributed by atoms with Crippen molar-refractivity contribution in [3.05, 3.63) is 0 Å². The molecule has 0 aliphatic carbocycles. The van der Waals surface area contributed by atoms with Crippen molar-refractivity contribution in [2.45, 2.75) is 0 Å². The summed E-state index contributed by atoms with van der Waals surface area (Å²) >= 11 is 29.1. The second-order valence-corrected chi connectivity index (χ2v) is 19.7. The zero-order valence-electron chi connectivity index (χ0n) is 9.82. The van der Waals surface area contributed by atoms with E-state index in [1.165, 1.54) is 0 Å². The van der Waals surface area contributed by atoms with Crippen molar-refractivity contribution in [3.8, 4) is 0 Å². The first-order valence-corrected chi connectivity index (χ1v) is 17.5. The molecule has 0 atom stereocenters. The third-order valence-electron chi connectivity index (χ3n) is 0. The molecule has 8 nitrogen and oxygen atoms in total. The quantitative estimate of drug-likeness (QED) is 0.127. The van der Waals surface area contributed by atoms with Gasteiger partial charge in [0.15, 0.2) is 0 Å². The van der Waals surface area contributed by atoms with Gasteiger partial charge in [-0.15, -0.1) is 0 Å². The fourth-order valence-corrected chi connectivity index (χ4v) is 0. The molecule has 0 amide bonds. The Hall–Kier alpha value is 6.08. The van der Waals surface area contributed by atoms with Gasteiger partial charge in [0.2, 0.25) is 0 Å². The van der Waals surface area contributed by atoms with Crippen LogP contribution in [0.5, 0.6) is 0 Å². The first kappa shape index (κ1) is 47.0. The van der Waals surface area contributed by atoms with E-state index in [0.29, 0.717) is 0 Å². The Kier molecular flexibility index (Phi) is 46.5. The minimum atomic E-state index is -3.72. The van der Waals surface area contributed by atoms with Crippen LogP contribution < -0.4 is 39.1 Å². The van der Waals surface area contributed by atoms with Gasteiger partial charge in [0, 0.05) is 0 Å². The minimum absolute atomic E-state index is 0. The van der Waals surface area contributed by atoms with Crippen LogP contribution in [0.4, 0.5) is 0 Å². The molecule has 0 aromatic rings. The van der Waals surface area contributed by atoms with Gasteiger partial charge < -0.3 is 111 Å². The van der Waals surface area contributed by atoms with Crippen LogP contribution >= 0.6 is 22.8 Å². The number of hydrogen-bond acceptors (Lipinski definition) is 16. The van der Waals surface area contributed by atoms with Crippen molar-refractivity contribution in [1.82, 2.24) is 0 Å². The van der Waals surface area contributed by atoms with Crippen LogP contribution in [-0.4, -0.2) is 71.7 Å². The Bertz CT molecular complexity index is 308. The monoisotopic (exact) mass is 867 g/mol. The second kappa shape index (κ2) is 22.8. The largest absolute Gasteiger partial charge is 4.00 e. The van der Waals surface area contributed by atoms with Gasteiger partial charge in [-0.25, -0.2) is 0 Å². The molecule has 0 radical (unpaired) electrons. The summed E-state index contributed by atoms with van der Waals surface area (Å²) < 4.78 is 0. The van der Waals surface area contributed by atoms with Crippen LogP contribution in [0.25, 0.3) is 0 Å². The molecule has 0 aromatic heterocycles. The molecule has 0 saturated carbocycles. The fourth-order valence-electron chi connectivity index (χ4n) is 0. The maximum absolute atomic E-state index is 9.29. The van der Waals surface area contributed by atoms with Gasteiger partial charge in [0.25, 0.3) is 0 Å². The molecule has 0 aliphatic heterocycles. The van der Waals surface area contributed by atoms with E-state index in [1.54, 1.807) is 0 Å². The van der Waals surface area contributed by atoms with Crippen LogP contribution in [0.3, 0.4) is 0 Å². The molecule has 0 aromatic carbocycles. The van der Waals surface area contributed by atoms with Gasteiger partial charge in [-0.1, -0.05) is 0 Å². The topological polar surface area (TPSA) is 184 Å². The molecule has 0 heterocycles. The molecule has 0 saturated heterocycles. The summed E-state index contributed by atoms with van der Waals surface area (Å²) in [6, 6.07) is 0. The molecule has 0 unspecified atom stereocenters. The smallest absolute Gasteiger partial charge is 0.850 e. The van der Waals surface area contributed by atoms with Gasteiger partial charge in [-0.2, -0.15) is 47.2 Å². The maximum atomic E-state index is 9.29. The van der Waals surface area contributed by atoms with Crippen molar-refractivity contribution >= 4 is 191 Å². The van der Waals surface area contributed by atoms with Crippen molar-refractivity contribution in [2.75, 3.05) is 0 Å². The third kappa shape index (κ3) is 517. The average Bonchev–Trinajstić information content (AvgIpc) is 1.62. The summed E-state index contributed by atoms with van der Waals surface area (Å²) in [5.41, 5.74) is -14.9. The van der Waals surface area contributed by atoms with Gasteiger partial charge in [0.1, 0.15) is 0 Å². The van der Waals surface area contributed by atoms with Crippen LogP contribution in [0.15, 0.2) is 0 Å². The SMILES string of the molecule is [O-]P([O-])(=S)[S-].[O-]P([O-])(=S)[S-].[O-]P([O-])(=S)[S-].[O-]P([O-])(=S)[S-].[Sn+4].[Sn+4].[Sn+4]. The summed E-state index contributed by atoms with van der Waals surface area (Å²) in [4.78, 5) is 74.3. The summed E-state index contributed by atoms with van der Waals surface area (Å²) in [5, 5.41) is 0. The van der Waals surface area contributed by atoms with Crippen molar-refractivity contribution in [1.29, 1.82) is 0 Å². The normalized spacial score (nSPS) is 10.3. The van der Waals surface area contributed by atoms with E-state index in [1.807, 2.05) is 0 Å². The summed E-state index contributed by atoms with van der Waals surface area (Å²) in [6.45, 7) is 0. The van der Waals surface area contributed by atoms with Gasteiger partial charge >= 0.3 is 71.7 Å². The van der Waals surface area contributed by atoms with Gasteiger partial charge in [0.05, 0.1) is 0 Å². The zero-order valence-corrected chi connectivity index (χ0v) is 28.5. The van der Waals surface area contributed by atoms with E-state index in [-0.39, 0.29) is 71.7 Å². The Morgan fingerprint density at radius 1 is 0.391 bits per heavy atom. The standard InChI is InChI=1S/4H3O2PS2.3Sn/c4*1-3(2,4)5;;;/h4*(H3,1,2,4,5);;;/q;;;;3*+4/p-12.